The maximum Gasteiger partial charge on any atom is 0.411 e. The molecule has 0 aromatic carbocycles. The molecule has 0 aliphatic carbocycles. The molecule has 1 N–H and O–H groups in total. The van der Waals surface area contributed by atoms with E-state index < -0.39 is 11.1 Å². The number of oxime groups is 1. The lowest BCUT2D eigenvalue weighted by molar-refractivity contribution is 0.0173. The van der Waals surface area contributed by atoms with Crippen molar-refractivity contribution in [3.8, 4) is 0 Å². The summed E-state index contributed by atoms with van der Waals surface area (Å²) >= 11 is 0. The van der Waals surface area contributed by atoms with Crippen molar-refractivity contribution in [3.63, 3.8) is 0 Å². The van der Waals surface area contributed by atoms with E-state index in [1.165, 1.54) is 6.21 Å². The van der Waals surface area contributed by atoms with E-state index in [0.717, 1.165) is 25.7 Å². The number of ether oxygens (including phenoxy) is 1. The Morgan fingerprint density at radius 2 is 2.06 bits per heavy atom. The van der Waals surface area contributed by atoms with Gasteiger partial charge in [0.1, 0.15) is 5.60 Å². The Balaban J connectivity index is 2.18. The standard InChI is InChI=1S/C12H20N2O3/c1-11(2,3)17-10(15)14-9-4-6-12(14,7-5-9)8-13-16/h8-9,16H,4-7H2,1-3H3/b13-8+. The highest BCUT2D eigenvalue weighted by molar-refractivity contribution is 5.81. The van der Waals surface area contributed by atoms with Crippen LogP contribution in [0.25, 0.3) is 0 Å². The zero-order valence-corrected chi connectivity index (χ0v) is 10.6. The number of rotatable bonds is 1. The van der Waals surface area contributed by atoms with Gasteiger partial charge >= 0.3 is 6.09 Å². The van der Waals surface area contributed by atoms with Gasteiger partial charge in [0.05, 0.1) is 11.8 Å². The van der Waals surface area contributed by atoms with E-state index in [2.05, 4.69) is 5.16 Å². The zero-order chi connectivity index (χ0) is 12.7. The molecule has 0 saturated carbocycles. The first-order chi connectivity index (χ1) is 7.88. The van der Waals surface area contributed by atoms with Gasteiger partial charge < -0.3 is 9.94 Å². The molecule has 0 unspecified atom stereocenters. The molecule has 2 heterocycles. The van der Waals surface area contributed by atoms with Crippen molar-refractivity contribution in [1.29, 1.82) is 0 Å². The number of amides is 1. The van der Waals surface area contributed by atoms with Crippen molar-refractivity contribution in [2.75, 3.05) is 0 Å². The molecular weight excluding hydrogens is 220 g/mol. The maximum absolute atomic E-state index is 12.2. The highest BCUT2D eigenvalue weighted by atomic mass is 16.6. The van der Waals surface area contributed by atoms with E-state index in [1.807, 2.05) is 20.8 Å². The van der Waals surface area contributed by atoms with Gasteiger partial charge in [-0.25, -0.2) is 4.79 Å². The smallest absolute Gasteiger partial charge is 0.411 e. The molecule has 0 spiro atoms. The lowest BCUT2D eigenvalue weighted by atomic mass is 9.89. The predicted molar refractivity (Wildman–Crippen MR) is 63.3 cm³/mol. The molecule has 0 atom stereocenters. The summed E-state index contributed by atoms with van der Waals surface area (Å²) < 4.78 is 5.42. The fourth-order valence-corrected chi connectivity index (χ4v) is 2.91. The van der Waals surface area contributed by atoms with Crippen LogP contribution in [-0.2, 0) is 4.74 Å². The molecule has 96 valence electrons. The third-order valence-electron chi connectivity index (χ3n) is 3.55. The molecule has 2 aliphatic heterocycles. The number of fused-ring (bicyclic) bond motifs is 2. The molecule has 0 aromatic rings. The van der Waals surface area contributed by atoms with Crippen molar-refractivity contribution >= 4 is 12.3 Å². The maximum atomic E-state index is 12.2. The third kappa shape index (κ3) is 2.10. The molecule has 2 bridgehead atoms. The van der Waals surface area contributed by atoms with Gasteiger partial charge in [-0.05, 0) is 46.5 Å². The summed E-state index contributed by atoms with van der Waals surface area (Å²) in [4.78, 5) is 13.9. The minimum Gasteiger partial charge on any atom is -0.444 e. The van der Waals surface area contributed by atoms with Gasteiger partial charge in [-0.1, -0.05) is 5.16 Å². The SMILES string of the molecule is CC(C)(C)OC(=O)N1C2CCC1(/C=N/O)CC2. The second kappa shape index (κ2) is 3.89. The molecule has 5 heteroatoms. The fourth-order valence-electron chi connectivity index (χ4n) is 2.91. The topological polar surface area (TPSA) is 62.1 Å². The van der Waals surface area contributed by atoms with Crippen molar-refractivity contribution in [3.05, 3.63) is 0 Å². The van der Waals surface area contributed by atoms with E-state index in [4.69, 9.17) is 9.94 Å². The first-order valence-electron chi connectivity index (χ1n) is 6.09. The van der Waals surface area contributed by atoms with Crippen molar-refractivity contribution in [2.45, 2.75) is 63.6 Å². The van der Waals surface area contributed by atoms with E-state index in [0.29, 0.717) is 0 Å². The number of carbonyl (C=O) groups is 1. The van der Waals surface area contributed by atoms with Crippen LogP contribution < -0.4 is 0 Å². The van der Waals surface area contributed by atoms with Gasteiger partial charge in [0.25, 0.3) is 0 Å². The Morgan fingerprint density at radius 3 is 2.53 bits per heavy atom. The minimum absolute atomic E-state index is 0.239. The van der Waals surface area contributed by atoms with Gasteiger partial charge in [-0.2, -0.15) is 0 Å². The largest absolute Gasteiger partial charge is 0.444 e. The molecule has 17 heavy (non-hydrogen) atoms. The summed E-state index contributed by atoms with van der Waals surface area (Å²) in [7, 11) is 0. The highest BCUT2D eigenvalue weighted by Crippen LogP contribution is 2.45. The summed E-state index contributed by atoms with van der Waals surface area (Å²) in [6.07, 6.45) is 4.85. The highest BCUT2D eigenvalue weighted by Gasteiger charge is 2.54. The average molecular weight is 240 g/mol. The van der Waals surface area contributed by atoms with Gasteiger partial charge in [0, 0.05) is 6.04 Å². The summed E-state index contributed by atoms with van der Waals surface area (Å²) in [6, 6.07) is 0.239. The summed E-state index contributed by atoms with van der Waals surface area (Å²) in [6.45, 7) is 5.57. The van der Waals surface area contributed by atoms with E-state index >= 15 is 0 Å². The van der Waals surface area contributed by atoms with Gasteiger partial charge in [0.15, 0.2) is 0 Å². The monoisotopic (exact) mass is 240 g/mol. The van der Waals surface area contributed by atoms with Gasteiger partial charge in [-0.3, -0.25) is 4.90 Å². The molecule has 2 saturated heterocycles. The Bertz CT molecular complexity index is 338. The molecule has 0 aromatic heterocycles. The zero-order valence-electron chi connectivity index (χ0n) is 10.6. The summed E-state index contributed by atoms with van der Waals surface area (Å²) in [5.74, 6) is 0. The Morgan fingerprint density at radius 1 is 1.47 bits per heavy atom. The van der Waals surface area contributed by atoms with E-state index in [1.54, 1.807) is 4.90 Å². The average Bonchev–Trinajstić information content (AvgIpc) is 2.69. The molecule has 0 radical (unpaired) electrons. The van der Waals surface area contributed by atoms with E-state index in [-0.39, 0.29) is 12.1 Å². The first kappa shape index (κ1) is 12.2. The van der Waals surface area contributed by atoms with Gasteiger partial charge in [0.2, 0.25) is 0 Å². The minimum atomic E-state index is -0.489. The third-order valence-corrected chi connectivity index (χ3v) is 3.55. The van der Waals surface area contributed by atoms with Crippen LogP contribution in [0.5, 0.6) is 0 Å². The Hall–Kier alpha value is -1.26. The van der Waals surface area contributed by atoms with Crippen molar-refractivity contribution in [1.82, 2.24) is 4.90 Å². The summed E-state index contributed by atoms with van der Waals surface area (Å²) in [5.41, 5.74) is -0.904. The molecule has 2 aliphatic rings. The normalized spacial score (nSPS) is 32.4. The molecular formula is C12H20N2O3. The number of hydrogen-bond acceptors (Lipinski definition) is 4. The first-order valence-corrected chi connectivity index (χ1v) is 6.09. The molecule has 2 rings (SSSR count). The molecule has 1 amide bonds. The molecule has 2 fully saturated rings. The Kier molecular flexibility index (Phi) is 2.79. The van der Waals surface area contributed by atoms with Crippen LogP contribution in [-0.4, -0.2) is 39.6 Å². The van der Waals surface area contributed by atoms with Crippen LogP contribution in [0.3, 0.4) is 0 Å². The lowest BCUT2D eigenvalue weighted by Crippen LogP contribution is -2.48. The van der Waals surface area contributed by atoms with Crippen LogP contribution in [0.4, 0.5) is 4.79 Å². The second-order valence-electron chi connectivity index (χ2n) is 5.93. The van der Waals surface area contributed by atoms with Crippen molar-refractivity contribution < 1.29 is 14.7 Å². The van der Waals surface area contributed by atoms with Crippen LogP contribution in [0.1, 0.15) is 46.5 Å². The van der Waals surface area contributed by atoms with Crippen molar-refractivity contribution in [2.24, 2.45) is 5.16 Å². The van der Waals surface area contributed by atoms with Gasteiger partial charge in [-0.15, -0.1) is 0 Å². The van der Waals surface area contributed by atoms with Crippen LogP contribution in [0, 0.1) is 0 Å². The number of carbonyl (C=O) groups excluding carboxylic acids is 1. The Labute approximate surface area is 101 Å². The lowest BCUT2D eigenvalue weighted by Gasteiger charge is -2.32. The quantitative estimate of drug-likeness (QED) is 0.435. The summed E-state index contributed by atoms with van der Waals surface area (Å²) in [5, 5.41) is 11.9. The van der Waals surface area contributed by atoms with Crippen LogP contribution in [0.2, 0.25) is 0 Å². The molecule has 5 nitrogen and oxygen atoms in total. The predicted octanol–water partition coefficient (Wildman–Crippen LogP) is 2.38. The number of hydrogen-bond donors (Lipinski definition) is 1. The van der Waals surface area contributed by atoms with E-state index in [9.17, 15) is 4.79 Å². The van der Waals surface area contributed by atoms with Crippen LogP contribution in [0.15, 0.2) is 5.16 Å². The fraction of sp³-hybridized carbons (Fsp3) is 0.833. The van der Waals surface area contributed by atoms with Crippen LogP contribution >= 0.6 is 0 Å². The second-order valence-corrected chi connectivity index (χ2v) is 5.93. The number of nitrogens with zero attached hydrogens (tertiary/aromatic N) is 2.